The summed E-state index contributed by atoms with van der Waals surface area (Å²) in [5.74, 6) is -0.944. The van der Waals surface area contributed by atoms with Gasteiger partial charge in [-0.1, -0.05) is 12.8 Å². The van der Waals surface area contributed by atoms with Gasteiger partial charge in [-0.2, -0.15) is 13.2 Å². The van der Waals surface area contributed by atoms with Crippen molar-refractivity contribution in [1.29, 1.82) is 0 Å². The second-order valence-electron chi connectivity index (χ2n) is 6.49. The van der Waals surface area contributed by atoms with Crippen LogP contribution in [0.3, 0.4) is 0 Å². The summed E-state index contributed by atoms with van der Waals surface area (Å²) in [4.78, 5) is 23.8. The molecule has 2 fully saturated rings. The van der Waals surface area contributed by atoms with Crippen LogP contribution in [0.5, 0.6) is 0 Å². The molecule has 1 aromatic rings. The SMILES string of the molecule is O=C(Nc1ccc(NC(=O)C2CCCC2)c(C(F)(F)F)c1)C1CC1. The van der Waals surface area contributed by atoms with E-state index in [4.69, 9.17) is 0 Å². The van der Waals surface area contributed by atoms with E-state index in [0.29, 0.717) is 12.8 Å². The van der Waals surface area contributed by atoms with Crippen LogP contribution in [0.1, 0.15) is 44.1 Å². The van der Waals surface area contributed by atoms with Gasteiger partial charge in [-0.3, -0.25) is 9.59 Å². The highest BCUT2D eigenvalue weighted by Gasteiger charge is 2.36. The number of hydrogen-bond acceptors (Lipinski definition) is 2. The van der Waals surface area contributed by atoms with Gasteiger partial charge in [0.25, 0.3) is 0 Å². The molecule has 0 aromatic heterocycles. The third kappa shape index (κ3) is 3.88. The number of amides is 2. The minimum Gasteiger partial charge on any atom is -0.326 e. The van der Waals surface area contributed by atoms with Crippen LogP contribution in [-0.2, 0) is 15.8 Å². The lowest BCUT2D eigenvalue weighted by molar-refractivity contribution is -0.137. The third-order valence-electron chi connectivity index (χ3n) is 4.52. The molecular formula is C17H19F3N2O2. The Morgan fingerprint density at radius 3 is 2.08 bits per heavy atom. The van der Waals surface area contributed by atoms with Crippen molar-refractivity contribution in [3.05, 3.63) is 23.8 Å². The molecule has 2 aliphatic rings. The molecule has 0 atom stereocenters. The van der Waals surface area contributed by atoms with Crippen molar-refractivity contribution in [2.45, 2.75) is 44.7 Å². The van der Waals surface area contributed by atoms with Crippen LogP contribution < -0.4 is 10.6 Å². The summed E-state index contributed by atoms with van der Waals surface area (Å²) in [6.45, 7) is 0. The monoisotopic (exact) mass is 340 g/mol. The fourth-order valence-electron chi connectivity index (χ4n) is 2.98. The minimum absolute atomic E-state index is 0.0955. The normalized spacial score (nSPS) is 18.5. The quantitative estimate of drug-likeness (QED) is 0.864. The zero-order chi connectivity index (χ0) is 17.3. The molecule has 130 valence electrons. The minimum atomic E-state index is -4.61. The van der Waals surface area contributed by atoms with Gasteiger partial charge in [-0.15, -0.1) is 0 Å². The van der Waals surface area contributed by atoms with Crippen molar-refractivity contribution in [2.24, 2.45) is 11.8 Å². The number of halogens is 3. The maximum absolute atomic E-state index is 13.3. The average molecular weight is 340 g/mol. The zero-order valence-corrected chi connectivity index (χ0v) is 13.1. The molecule has 24 heavy (non-hydrogen) atoms. The molecular weight excluding hydrogens is 321 g/mol. The van der Waals surface area contributed by atoms with Crippen molar-refractivity contribution in [2.75, 3.05) is 10.6 Å². The van der Waals surface area contributed by atoms with Gasteiger partial charge in [0.2, 0.25) is 11.8 Å². The molecule has 2 N–H and O–H groups in total. The number of carbonyl (C=O) groups excluding carboxylic acids is 2. The number of hydrogen-bond donors (Lipinski definition) is 2. The van der Waals surface area contributed by atoms with Crippen molar-refractivity contribution in [3.8, 4) is 0 Å². The van der Waals surface area contributed by atoms with Crippen molar-refractivity contribution in [3.63, 3.8) is 0 Å². The Bertz CT molecular complexity index is 648. The van der Waals surface area contributed by atoms with Crippen LogP contribution in [0, 0.1) is 11.8 Å². The van der Waals surface area contributed by atoms with Gasteiger partial charge < -0.3 is 10.6 Å². The maximum Gasteiger partial charge on any atom is 0.418 e. The number of carbonyl (C=O) groups is 2. The maximum atomic E-state index is 13.3. The summed E-state index contributed by atoms with van der Waals surface area (Å²) in [6.07, 6.45) is 0.206. The number of nitrogens with one attached hydrogen (secondary N) is 2. The van der Waals surface area contributed by atoms with Crippen molar-refractivity contribution >= 4 is 23.2 Å². The number of alkyl halides is 3. The number of anilines is 2. The molecule has 1 aromatic carbocycles. The van der Waals surface area contributed by atoms with Crippen LogP contribution in [0.15, 0.2) is 18.2 Å². The van der Waals surface area contributed by atoms with Gasteiger partial charge >= 0.3 is 6.18 Å². The Morgan fingerprint density at radius 2 is 1.50 bits per heavy atom. The van der Waals surface area contributed by atoms with E-state index in [9.17, 15) is 22.8 Å². The van der Waals surface area contributed by atoms with E-state index >= 15 is 0 Å². The standard InChI is InChI=1S/C17H19F3N2O2/c18-17(19,20)13-9-12(21-15(23)11-5-6-11)7-8-14(13)22-16(24)10-3-1-2-4-10/h7-11H,1-6H2,(H,21,23)(H,22,24). The van der Waals surface area contributed by atoms with Crippen LogP contribution in [0.2, 0.25) is 0 Å². The van der Waals surface area contributed by atoms with E-state index in [1.807, 2.05) is 0 Å². The zero-order valence-electron chi connectivity index (χ0n) is 13.1. The van der Waals surface area contributed by atoms with Gasteiger partial charge in [-0.05, 0) is 43.9 Å². The highest BCUT2D eigenvalue weighted by molar-refractivity contribution is 5.96. The van der Waals surface area contributed by atoms with E-state index < -0.39 is 11.7 Å². The molecule has 0 unspecified atom stereocenters. The lowest BCUT2D eigenvalue weighted by Gasteiger charge is -2.17. The molecule has 0 radical (unpaired) electrons. The first-order chi connectivity index (χ1) is 11.3. The van der Waals surface area contributed by atoms with Crippen LogP contribution in [0.4, 0.5) is 24.5 Å². The second-order valence-corrected chi connectivity index (χ2v) is 6.49. The largest absolute Gasteiger partial charge is 0.418 e. The first-order valence-electron chi connectivity index (χ1n) is 8.17. The van der Waals surface area contributed by atoms with Crippen molar-refractivity contribution in [1.82, 2.24) is 0 Å². The first-order valence-corrected chi connectivity index (χ1v) is 8.17. The Morgan fingerprint density at radius 1 is 0.917 bits per heavy atom. The molecule has 2 aliphatic carbocycles. The lowest BCUT2D eigenvalue weighted by atomic mass is 10.1. The van der Waals surface area contributed by atoms with E-state index in [-0.39, 0.29) is 35.0 Å². The summed E-state index contributed by atoms with van der Waals surface area (Å²) in [7, 11) is 0. The summed E-state index contributed by atoms with van der Waals surface area (Å²) >= 11 is 0. The molecule has 0 spiro atoms. The van der Waals surface area contributed by atoms with Crippen molar-refractivity contribution < 1.29 is 22.8 Å². The van der Waals surface area contributed by atoms with Crippen LogP contribution in [0.25, 0.3) is 0 Å². The average Bonchev–Trinajstić information content (AvgIpc) is 3.22. The molecule has 2 amide bonds. The van der Waals surface area contributed by atoms with E-state index in [0.717, 1.165) is 31.7 Å². The summed E-state index contributed by atoms with van der Waals surface area (Å²) in [6, 6.07) is 3.47. The summed E-state index contributed by atoms with van der Waals surface area (Å²) in [5.41, 5.74) is -1.11. The highest BCUT2D eigenvalue weighted by Crippen LogP contribution is 2.38. The van der Waals surface area contributed by atoms with Gasteiger partial charge in [0.1, 0.15) is 0 Å². The summed E-state index contributed by atoms with van der Waals surface area (Å²) in [5, 5.41) is 4.90. The third-order valence-corrected chi connectivity index (χ3v) is 4.52. The van der Waals surface area contributed by atoms with Crippen LogP contribution in [-0.4, -0.2) is 11.8 Å². The van der Waals surface area contributed by atoms with E-state index in [1.54, 1.807) is 0 Å². The molecule has 3 rings (SSSR count). The van der Waals surface area contributed by atoms with E-state index in [1.165, 1.54) is 12.1 Å². The molecule has 0 bridgehead atoms. The van der Waals surface area contributed by atoms with Gasteiger partial charge in [-0.25, -0.2) is 0 Å². The van der Waals surface area contributed by atoms with Gasteiger partial charge in [0, 0.05) is 17.5 Å². The molecule has 0 aliphatic heterocycles. The second kappa shape index (κ2) is 6.45. The van der Waals surface area contributed by atoms with E-state index in [2.05, 4.69) is 10.6 Å². The smallest absolute Gasteiger partial charge is 0.326 e. The Balaban J connectivity index is 1.79. The van der Waals surface area contributed by atoms with Crippen LogP contribution >= 0.6 is 0 Å². The fourth-order valence-corrected chi connectivity index (χ4v) is 2.98. The Kier molecular flexibility index (Phi) is 4.51. The lowest BCUT2D eigenvalue weighted by Crippen LogP contribution is -2.23. The van der Waals surface area contributed by atoms with Gasteiger partial charge in [0.15, 0.2) is 0 Å². The Hall–Kier alpha value is -2.05. The predicted octanol–water partition coefficient (Wildman–Crippen LogP) is 4.18. The topological polar surface area (TPSA) is 58.2 Å². The number of rotatable bonds is 4. The molecule has 4 nitrogen and oxygen atoms in total. The molecule has 0 heterocycles. The number of benzene rings is 1. The highest BCUT2D eigenvalue weighted by atomic mass is 19.4. The molecule has 7 heteroatoms. The fraction of sp³-hybridized carbons (Fsp3) is 0.529. The Labute approximate surface area is 137 Å². The summed E-state index contributed by atoms with van der Waals surface area (Å²) < 4.78 is 39.9. The first kappa shape index (κ1) is 16.8. The molecule has 0 saturated heterocycles. The van der Waals surface area contributed by atoms with Gasteiger partial charge in [0.05, 0.1) is 11.3 Å². The predicted molar refractivity (Wildman–Crippen MR) is 83.4 cm³/mol. The molecule has 2 saturated carbocycles.